The van der Waals surface area contributed by atoms with E-state index in [9.17, 15) is 9.59 Å². The lowest BCUT2D eigenvalue weighted by molar-refractivity contribution is 0.103. The first-order valence-electron chi connectivity index (χ1n) is 9.38. The molecule has 0 fully saturated rings. The molecule has 0 saturated carbocycles. The molecule has 0 aliphatic rings. The second-order valence-electron chi connectivity index (χ2n) is 6.86. The van der Waals surface area contributed by atoms with Crippen LogP contribution < -0.4 is 0 Å². The lowest BCUT2D eigenvalue weighted by Crippen LogP contribution is -2.00. The fourth-order valence-electron chi connectivity index (χ4n) is 3.67. The van der Waals surface area contributed by atoms with E-state index in [1.165, 1.54) is 11.3 Å². The zero-order valence-corrected chi connectivity index (χ0v) is 16.3. The number of ketones is 2. The van der Waals surface area contributed by atoms with Crippen LogP contribution in [0.25, 0.3) is 20.2 Å². The summed E-state index contributed by atoms with van der Waals surface area (Å²) in [4.78, 5) is 26.2. The molecule has 0 unspecified atom stereocenters. The predicted octanol–water partition coefficient (Wildman–Crippen LogP) is 6.52. The SMILES string of the molecule is O=C(c1ccccc1)c1cccc2c1sc1c(C(=O)c3ccccc3)cccc12. The van der Waals surface area contributed by atoms with Crippen molar-refractivity contribution < 1.29 is 9.59 Å². The standard InChI is InChI=1S/C26H16O2S/c27-23(17-9-3-1-4-10-17)21-15-7-13-19-20-14-8-16-22(26(20)29-25(19)21)24(28)18-11-5-2-6-12-18/h1-16H. The molecule has 0 saturated heterocycles. The van der Waals surface area contributed by atoms with E-state index in [-0.39, 0.29) is 11.6 Å². The van der Waals surface area contributed by atoms with Gasteiger partial charge in [-0.1, -0.05) is 84.9 Å². The van der Waals surface area contributed by atoms with Gasteiger partial charge in [0.2, 0.25) is 0 Å². The molecule has 0 spiro atoms. The Balaban J connectivity index is 1.72. The number of benzene rings is 4. The molecule has 0 aliphatic carbocycles. The van der Waals surface area contributed by atoms with Crippen molar-refractivity contribution >= 4 is 43.1 Å². The van der Waals surface area contributed by atoms with Crippen molar-refractivity contribution in [3.63, 3.8) is 0 Å². The average Bonchev–Trinajstić information content (AvgIpc) is 3.18. The van der Waals surface area contributed by atoms with Crippen LogP contribution in [-0.2, 0) is 0 Å². The van der Waals surface area contributed by atoms with Gasteiger partial charge in [-0.2, -0.15) is 0 Å². The Kier molecular flexibility index (Phi) is 4.30. The van der Waals surface area contributed by atoms with Gasteiger partial charge in [0.05, 0.1) is 0 Å². The van der Waals surface area contributed by atoms with Crippen molar-refractivity contribution in [3.05, 3.63) is 119 Å². The molecule has 29 heavy (non-hydrogen) atoms. The Morgan fingerprint density at radius 1 is 0.483 bits per heavy atom. The maximum atomic E-state index is 13.1. The van der Waals surface area contributed by atoms with Gasteiger partial charge in [-0.15, -0.1) is 11.3 Å². The van der Waals surface area contributed by atoms with Crippen molar-refractivity contribution in [1.82, 2.24) is 0 Å². The molecule has 0 bridgehead atoms. The smallest absolute Gasteiger partial charge is 0.194 e. The van der Waals surface area contributed by atoms with Gasteiger partial charge < -0.3 is 0 Å². The van der Waals surface area contributed by atoms with Gasteiger partial charge in [-0.25, -0.2) is 0 Å². The van der Waals surface area contributed by atoms with Gasteiger partial charge in [0, 0.05) is 42.4 Å². The number of fused-ring (bicyclic) bond motifs is 3. The monoisotopic (exact) mass is 392 g/mol. The van der Waals surface area contributed by atoms with E-state index in [1.54, 1.807) is 0 Å². The molecule has 3 heteroatoms. The number of carbonyl (C=O) groups excluding carboxylic acids is 2. The lowest BCUT2D eigenvalue weighted by atomic mass is 9.99. The third-order valence-electron chi connectivity index (χ3n) is 5.09. The Morgan fingerprint density at radius 3 is 1.31 bits per heavy atom. The van der Waals surface area contributed by atoms with Crippen LogP contribution in [0.5, 0.6) is 0 Å². The highest BCUT2D eigenvalue weighted by atomic mass is 32.1. The van der Waals surface area contributed by atoms with Gasteiger partial charge >= 0.3 is 0 Å². The van der Waals surface area contributed by atoms with Gasteiger partial charge in [-0.3, -0.25) is 9.59 Å². The van der Waals surface area contributed by atoms with Crippen LogP contribution in [0, 0.1) is 0 Å². The Bertz CT molecular complexity index is 1260. The van der Waals surface area contributed by atoms with Gasteiger partial charge in [-0.05, 0) is 12.1 Å². The number of hydrogen-bond donors (Lipinski definition) is 0. The first-order chi connectivity index (χ1) is 14.2. The average molecular weight is 392 g/mol. The van der Waals surface area contributed by atoms with Crippen molar-refractivity contribution in [2.24, 2.45) is 0 Å². The predicted molar refractivity (Wildman–Crippen MR) is 119 cm³/mol. The molecule has 5 rings (SSSR count). The molecule has 0 aliphatic heterocycles. The Labute approximate surface area is 172 Å². The molecule has 2 nitrogen and oxygen atoms in total. The molecule has 138 valence electrons. The number of hydrogen-bond acceptors (Lipinski definition) is 3. The highest BCUT2D eigenvalue weighted by molar-refractivity contribution is 7.26. The Morgan fingerprint density at radius 2 is 0.897 bits per heavy atom. The van der Waals surface area contributed by atoms with E-state index in [0.717, 1.165) is 20.2 Å². The first-order valence-corrected chi connectivity index (χ1v) is 10.2. The summed E-state index contributed by atoms with van der Waals surface area (Å²) in [6.45, 7) is 0. The summed E-state index contributed by atoms with van der Waals surface area (Å²) < 4.78 is 1.84. The second kappa shape index (κ2) is 7.12. The molecule has 4 aromatic carbocycles. The summed E-state index contributed by atoms with van der Waals surface area (Å²) in [5.74, 6) is -0.00242. The van der Waals surface area contributed by atoms with Crippen LogP contribution in [0.1, 0.15) is 31.8 Å². The minimum atomic E-state index is -0.00121. The highest BCUT2D eigenvalue weighted by Crippen LogP contribution is 2.39. The molecular formula is C26H16O2S. The fourth-order valence-corrected chi connectivity index (χ4v) is 4.99. The molecule has 5 aromatic rings. The highest BCUT2D eigenvalue weighted by Gasteiger charge is 2.19. The molecular weight excluding hydrogens is 376 g/mol. The first kappa shape index (κ1) is 17.5. The van der Waals surface area contributed by atoms with E-state index in [1.807, 2.05) is 97.1 Å². The van der Waals surface area contributed by atoms with Crippen LogP contribution >= 0.6 is 11.3 Å². The van der Waals surface area contributed by atoms with Crippen LogP contribution in [0.4, 0.5) is 0 Å². The third kappa shape index (κ3) is 2.96. The summed E-state index contributed by atoms with van der Waals surface area (Å²) in [7, 11) is 0. The van der Waals surface area contributed by atoms with Crippen LogP contribution in [-0.4, -0.2) is 11.6 Å². The zero-order valence-electron chi connectivity index (χ0n) is 15.5. The number of rotatable bonds is 4. The summed E-state index contributed by atoms with van der Waals surface area (Å²) >= 11 is 1.52. The fraction of sp³-hybridized carbons (Fsp3) is 0. The summed E-state index contributed by atoms with van der Waals surface area (Å²) in [5, 5.41) is 2.02. The van der Waals surface area contributed by atoms with E-state index in [4.69, 9.17) is 0 Å². The topological polar surface area (TPSA) is 34.1 Å². The quantitative estimate of drug-likeness (QED) is 0.326. The largest absolute Gasteiger partial charge is 0.289 e. The lowest BCUT2D eigenvalue weighted by Gasteiger charge is -2.02. The molecule has 0 radical (unpaired) electrons. The third-order valence-corrected chi connectivity index (χ3v) is 6.37. The van der Waals surface area contributed by atoms with Crippen LogP contribution in [0.2, 0.25) is 0 Å². The van der Waals surface area contributed by atoms with E-state index in [0.29, 0.717) is 22.3 Å². The van der Waals surface area contributed by atoms with Crippen molar-refractivity contribution in [2.45, 2.75) is 0 Å². The molecule has 0 N–H and O–H groups in total. The summed E-state index contributed by atoms with van der Waals surface area (Å²) in [6, 6.07) is 30.2. The molecule has 0 atom stereocenters. The summed E-state index contributed by atoms with van der Waals surface area (Å²) in [5.41, 5.74) is 2.68. The van der Waals surface area contributed by atoms with E-state index >= 15 is 0 Å². The maximum Gasteiger partial charge on any atom is 0.194 e. The normalized spacial score (nSPS) is 11.0. The van der Waals surface area contributed by atoms with Crippen LogP contribution in [0.3, 0.4) is 0 Å². The van der Waals surface area contributed by atoms with Crippen molar-refractivity contribution in [3.8, 4) is 0 Å². The number of carbonyl (C=O) groups is 2. The van der Waals surface area contributed by atoms with Gasteiger partial charge in [0.15, 0.2) is 11.6 Å². The van der Waals surface area contributed by atoms with Crippen molar-refractivity contribution in [2.75, 3.05) is 0 Å². The minimum absolute atomic E-state index is 0.00121. The van der Waals surface area contributed by atoms with Gasteiger partial charge in [0.25, 0.3) is 0 Å². The van der Waals surface area contributed by atoms with Crippen molar-refractivity contribution in [1.29, 1.82) is 0 Å². The number of thiophene rings is 1. The van der Waals surface area contributed by atoms with E-state index in [2.05, 4.69) is 0 Å². The van der Waals surface area contributed by atoms with Crippen LogP contribution in [0.15, 0.2) is 97.1 Å². The molecule has 1 heterocycles. The zero-order chi connectivity index (χ0) is 19.8. The maximum absolute atomic E-state index is 13.1. The second-order valence-corrected chi connectivity index (χ2v) is 7.88. The summed E-state index contributed by atoms with van der Waals surface area (Å²) in [6.07, 6.45) is 0. The Hall–Kier alpha value is -3.56. The molecule has 1 aromatic heterocycles. The van der Waals surface area contributed by atoms with Gasteiger partial charge in [0.1, 0.15) is 0 Å². The molecule has 0 amide bonds. The van der Waals surface area contributed by atoms with E-state index < -0.39 is 0 Å². The minimum Gasteiger partial charge on any atom is -0.289 e.